The van der Waals surface area contributed by atoms with Crippen molar-refractivity contribution in [1.82, 2.24) is 21.3 Å². The molecule has 0 aromatic carbocycles. The third kappa shape index (κ3) is 8.88. The lowest BCUT2D eigenvalue weighted by Gasteiger charge is -2.25. The van der Waals surface area contributed by atoms with E-state index in [1.54, 1.807) is 13.8 Å². The standard InChI is InChI=1S/C19H31N5O8/c1-9(2)15(19(31)32)24-17(29)11(5-6-14(26)27)22-18(30)12(8-13(20)25)23-16(28)10-4-3-7-21-10/h9-12,15,21H,3-8H2,1-2H3,(H2,20,25)(H,22,30)(H,23,28)(H,24,29)(H,26,27)(H,31,32). The highest BCUT2D eigenvalue weighted by molar-refractivity contribution is 5.96. The Morgan fingerprint density at radius 1 is 1.00 bits per heavy atom. The molecule has 13 heteroatoms. The monoisotopic (exact) mass is 457 g/mol. The molecule has 32 heavy (non-hydrogen) atoms. The summed E-state index contributed by atoms with van der Waals surface area (Å²) in [6.45, 7) is 3.77. The zero-order valence-electron chi connectivity index (χ0n) is 18.1. The molecule has 1 saturated heterocycles. The van der Waals surface area contributed by atoms with Gasteiger partial charge in [-0.2, -0.15) is 0 Å². The molecule has 4 atom stereocenters. The molecule has 1 aliphatic rings. The number of hydrogen-bond acceptors (Lipinski definition) is 7. The number of primary amides is 1. The summed E-state index contributed by atoms with van der Waals surface area (Å²) in [6, 6.07) is -4.59. The molecule has 0 aromatic heterocycles. The van der Waals surface area contributed by atoms with Gasteiger partial charge in [0.25, 0.3) is 0 Å². The minimum absolute atomic E-state index is 0.335. The smallest absolute Gasteiger partial charge is 0.326 e. The quantitative estimate of drug-likeness (QED) is 0.158. The first kappa shape index (κ1) is 26.8. The molecule has 0 aliphatic carbocycles. The van der Waals surface area contributed by atoms with Crippen LogP contribution >= 0.6 is 0 Å². The molecule has 0 aromatic rings. The number of carboxylic acids is 2. The predicted molar refractivity (Wildman–Crippen MR) is 110 cm³/mol. The Labute approximate surface area is 184 Å². The van der Waals surface area contributed by atoms with Gasteiger partial charge in [-0.05, 0) is 31.7 Å². The summed E-state index contributed by atoms with van der Waals surface area (Å²) in [5.74, 6) is -6.21. The number of carbonyl (C=O) groups is 6. The molecule has 0 bridgehead atoms. The van der Waals surface area contributed by atoms with E-state index in [0.717, 1.165) is 6.42 Å². The van der Waals surface area contributed by atoms with Gasteiger partial charge in [0.2, 0.25) is 23.6 Å². The maximum absolute atomic E-state index is 12.7. The molecular formula is C19H31N5O8. The van der Waals surface area contributed by atoms with Crippen LogP contribution in [0.25, 0.3) is 0 Å². The fraction of sp³-hybridized carbons (Fsp3) is 0.684. The van der Waals surface area contributed by atoms with Crippen LogP contribution in [0.2, 0.25) is 0 Å². The van der Waals surface area contributed by atoms with E-state index < -0.39 is 78.5 Å². The Balaban J connectivity index is 2.96. The summed E-state index contributed by atoms with van der Waals surface area (Å²) in [5, 5.41) is 28.2. The molecule has 4 amide bonds. The minimum Gasteiger partial charge on any atom is -0.481 e. The summed E-state index contributed by atoms with van der Waals surface area (Å²) >= 11 is 0. The Kier molecular flexibility index (Phi) is 10.5. The van der Waals surface area contributed by atoms with Crippen molar-refractivity contribution in [2.45, 2.75) is 70.1 Å². The second kappa shape index (κ2) is 12.6. The van der Waals surface area contributed by atoms with Crippen molar-refractivity contribution >= 4 is 35.6 Å². The van der Waals surface area contributed by atoms with Crippen molar-refractivity contribution in [2.75, 3.05) is 6.54 Å². The first-order valence-electron chi connectivity index (χ1n) is 10.3. The van der Waals surface area contributed by atoms with Crippen molar-refractivity contribution in [2.24, 2.45) is 11.7 Å². The summed E-state index contributed by atoms with van der Waals surface area (Å²) in [7, 11) is 0. The van der Waals surface area contributed by atoms with E-state index in [1.807, 2.05) is 0 Å². The lowest BCUT2D eigenvalue weighted by atomic mass is 10.0. The lowest BCUT2D eigenvalue weighted by Crippen LogP contribution is -2.58. The van der Waals surface area contributed by atoms with Gasteiger partial charge in [-0.15, -0.1) is 0 Å². The van der Waals surface area contributed by atoms with Gasteiger partial charge in [-0.25, -0.2) is 4.79 Å². The van der Waals surface area contributed by atoms with Crippen LogP contribution in [-0.2, 0) is 28.8 Å². The summed E-state index contributed by atoms with van der Waals surface area (Å²) < 4.78 is 0. The number of hydrogen-bond donors (Lipinski definition) is 7. The molecule has 180 valence electrons. The normalized spacial score (nSPS) is 18.3. The Morgan fingerprint density at radius 3 is 2.09 bits per heavy atom. The fourth-order valence-corrected chi connectivity index (χ4v) is 3.17. The molecule has 0 spiro atoms. The largest absolute Gasteiger partial charge is 0.481 e. The van der Waals surface area contributed by atoms with Crippen LogP contribution < -0.4 is 27.0 Å². The van der Waals surface area contributed by atoms with Crippen LogP contribution in [0.3, 0.4) is 0 Å². The molecule has 1 heterocycles. The van der Waals surface area contributed by atoms with Crippen LogP contribution in [0.5, 0.6) is 0 Å². The van der Waals surface area contributed by atoms with E-state index in [9.17, 15) is 33.9 Å². The van der Waals surface area contributed by atoms with E-state index >= 15 is 0 Å². The highest BCUT2D eigenvalue weighted by atomic mass is 16.4. The van der Waals surface area contributed by atoms with Crippen molar-refractivity contribution < 1.29 is 39.0 Å². The molecule has 1 aliphatic heterocycles. The van der Waals surface area contributed by atoms with Gasteiger partial charge in [-0.1, -0.05) is 13.8 Å². The third-order valence-corrected chi connectivity index (χ3v) is 4.93. The van der Waals surface area contributed by atoms with Gasteiger partial charge in [0.15, 0.2) is 0 Å². The van der Waals surface area contributed by atoms with Gasteiger partial charge in [0.05, 0.1) is 12.5 Å². The number of carboxylic acid groups (broad SMARTS) is 2. The molecule has 4 unspecified atom stereocenters. The maximum atomic E-state index is 12.7. The summed E-state index contributed by atoms with van der Waals surface area (Å²) in [5.41, 5.74) is 5.17. The van der Waals surface area contributed by atoms with Crippen LogP contribution in [0.1, 0.15) is 46.0 Å². The lowest BCUT2D eigenvalue weighted by molar-refractivity contribution is -0.144. The molecule has 13 nitrogen and oxygen atoms in total. The highest BCUT2D eigenvalue weighted by Crippen LogP contribution is 2.08. The van der Waals surface area contributed by atoms with Crippen molar-refractivity contribution in [3.05, 3.63) is 0 Å². The second-order valence-corrected chi connectivity index (χ2v) is 7.94. The Hall–Kier alpha value is -3.22. The number of nitrogens with one attached hydrogen (secondary N) is 4. The first-order chi connectivity index (χ1) is 14.9. The molecule has 8 N–H and O–H groups in total. The van der Waals surface area contributed by atoms with E-state index in [1.165, 1.54) is 0 Å². The van der Waals surface area contributed by atoms with Crippen molar-refractivity contribution in [3.8, 4) is 0 Å². The number of aliphatic carboxylic acids is 2. The van der Waals surface area contributed by atoms with Crippen molar-refractivity contribution in [3.63, 3.8) is 0 Å². The van der Waals surface area contributed by atoms with Gasteiger partial charge in [0.1, 0.15) is 18.1 Å². The van der Waals surface area contributed by atoms with Crippen molar-refractivity contribution in [1.29, 1.82) is 0 Å². The van der Waals surface area contributed by atoms with E-state index in [-0.39, 0.29) is 6.42 Å². The number of rotatable bonds is 13. The average molecular weight is 457 g/mol. The van der Waals surface area contributed by atoms with Crippen LogP contribution in [0.4, 0.5) is 0 Å². The zero-order chi connectivity index (χ0) is 24.4. The Bertz CT molecular complexity index is 735. The number of carbonyl (C=O) groups excluding carboxylic acids is 4. The molecular weight excluding hydrogens is 426 g/mol. The predicted octanol–water partition coefficient (Wildman–Crippen LogP) is -2.33. The second-order valence-electron chi connectivity index (χ2n) is 7.94. The van der Waals surface area contributed by atoms with Gasteiger partial charge in [0, 0.05) is 6.42 Å². The fourth-order valence-electron chi connectivity index (χ4n) is 3.17. The highest BCUT2D eigenvalue weighted by Gasteiger charge is 2.33. The van der Waals surface area contributed by atoms with Gasteiger partial charge >= 0.3 is 11.9 Å². The van der Waals surface area contributed by atoms with E-state index in [4.69, 9.17) is 10.8 Å². The summed E-state index contributed by atoms with van der Waals surface area (Å²) in [4.78, 5) is 71.4. The first-order valence-corrected chi connectivity index (χ1v) is 10.3. The summed E-state index contributed by atoms with van der Waals surface area (Å²) in [6.07, 6.45) is -0.0499. The molecule has 1 fully saturated rings. The number of amides is 4. The Morgan fingerprint density at radius 2 is 1.62 bits per heavy atom. The van der Waals surface area contributed by atoms with Crippen LogP contribution in [0, 0.1) is 5.92 Å². The number of nitrogens with two attached hydrogens (primary N) is 1. The third-order valence-electron chi connectivity index (χ3n) is 4.93. The molecule has 0 radical (unpaired) electrons. The SMILES string of the molecule is CC(C)C(NC(=O)C(CCC(=O)O)NC(=O)C(CC(N)=O)NC(=O)C1CCCN1)C(=O)O. The van der Waals surface area contributed by atoms with E-state index in [2.05, 4.69) is 21.3 Å². The maximum Gasteiger partial charge on any atom is 0.326 e. The molecule has 0 saturated carbocycles. The minimum atomic E-state index is -1.41. The van der Waals surface area contributed by atoms with Gasteiger partial charge < -0.3 is 37.2 Å². The zero-order valence-corrected chi connectivity index (χ0v) is 18.1. The molecule has 1 rings (SSSR count). The van der Waals surface area contributed by atoms with Crippen LogP contribution in [0.15, 0.2) is 0 Å². The van der Waals surface area contributed by atoms with Gasteiger partial charge in [-0.3, -0.25) is 24.0 Å². The topological polar surface area (TPSA) is 217 Å². The average Bonchev–Trinajstić information content (AvgIpc) is 3.22. The van der Waals surface area contributed by atoms with Crippen LogP contribution in [-0.4, -0.2) is 76.5 Å². The van der Waals surface area contributed by atoms with E-state index in [0.29, 0.717) is 13.0 Å².